The molecule has 35 heavy (non-hydrogen) atoms. The van der Waals surface area contributed by atoms with Crippen molar-refractivity contribution < 1.29 is 19.3 Å². The highest BCUT2D eigenvalue weighted by Gasteiger charge is 2.47. The van der Waals surface area contributed by atoms with Crippen LogP contribution in [-0.4, -0.2) is 21.6 Å². The molecule has 0 spiro atoms. The van der Waals surface area contributed by atoms with Crippen LogP contribution < -0.4 is 14.6 Å². The third kappa shape index (κ3) is 3.80. The maximum atomic E-state index is 13.8. The predicted molar refractivity (Wildman–Crippen MR) is 131 cm³/mol. The highest BCUT2D eigenvalue weighted by atomic mass is 35.5. The molecule has 2 amide bonds. The van der Waals surface area contributed by atoms with Crippen molar-refractivity contribution in [2.45, 2.75) is 20.3 Å². The van der Waals surface area contributed by atoms with Crippen LogP contribution in [0, 0.1) is 6.92 Å². The van der Waals surface area contributed by atoms with Crippen LogP contribution in [0.4, 0.5) is 5.69 Å². The van der Waals surface area contributed by atoms with Crippen molar-refractivity contribution in [3.63, 3.8) is 0 Å². The molecule has 0 saturated heterocycles. The summed E-state index contributed by atoms with van der Waals surface area (Å²) in [5.74, 6) is -1.54. The van der Waals surface area contributed by atoms with Crippen LogP contribution in [0.5, 0.6) is 5.88 Å². The third-order valence-corrected chi connectivity index (χ3v) is 6.15. The van der Waals surface area contributed by atoms with E-state index in [0.29, 0.717) is 28.5 Å². The number of hydrogen-bond donors (Lipinski definition) is 0. The van der Waals surface area contributed by atoms with Crippen LogP contribution in [0.3, 0.4) is 0 Å². The number of amides is 2. The van der Waals surface area contributed by atoms with Crippen LogP contribution in [-0.2, 0) is 16.0 Å². The molecule has 0 aliphatic carbocycles. The topological polar surface area (TPSA) is 82.1 Å². The van der Waals surface area contributed by atoms with Crippen molar-refractivity contribution in [1.82, 2.24) is 9.78 Å². The molecule has 8 heteroatoms. The Morgan fingerprint density at radius 2 is 1.54 bits per heavy atom. The Hall–Kier alpha value is -4.23. The summed E-state index contributed by atoms with van der Waals surface area (Å²) in [6.07, 6.45) is 3.76. The van der Waals surface area contributed by atoms with Gasteiger partial charge < -0.3 is 5.11 Å². The lowest BCUT2D eigenvalue weighted by Crippen LogP contribution is -2.39. The molecule has 0 atom stereocenters. The minimum Gasteiger partial charge on any atom is -0.858 e. The molecular weight excluding hydrogens is 464 g/mol. The van der Waals surface area contributed by atoms with Crippen molar-refractivity contribution >= 4 is 40.4 Å². The molecule has 0 radical (unpaired) electrons. The molecule has 3 heterocycles. The fraction of sp³-hybridized carbons (Fsp3) is 0.111. The zero-order valence-electron chi connectivity index (χ0n) is 19.1. The zero-order chi connectivity index (χ0) is 24.7. The lowest BCUT2D eigenvalue weighted by molar-refractivity contribution is -0.576. The number of aryl methyl sites for hydroxylation is 2. The Balaban J connectivity index is 1.75. The second kappa shape index (κ2) is 8.85. The van der Waals surface area contributed by atoms with Crippen LogP contribution in [0.1, 0.15) is 23.7 Å². The molecule has 0 bridgehead atoms. The van der Waals surface area contributed by atoms with Crippen LogP contribution >= 0.6 is 11.6 Å². The number of benzene rings is 2. The van der Waals surface area contributed by atoms with E-state index in [1.165, 1.54) is 4.68 Å². The number of pyridine rings is 1. The molecule has 0 N–H and O–H groups in total. The lowest BCUT2D eigenvalue weighted by atomic mass is 10.0. The van der Waals surface area contributed by atoms with Gasteiger partial charge in [0.1, 0.15) is 5.57 Å². The fourth-order valence-electron chi connectivity index (χ4n) is 4.16. The van der Waals surface area contributed by atoms with Gasteiger partial charge in [-0.25, -0.2) is 9.58 Å². The van der Waals surface area contributed by atoms with Gasteiger partial charge in [0.2, 0.25) is 0 Å². The van der Waals surface area contributed by atoms with Gasteiger partial charge in [0.15, 0.2) is 12.4 Å². The number of hydrogen-bond acceptors (Lipinski definition) is 4. The van der Waals surface area contributed by atoms with E-state index in [1.807, 2.05) is 32.0 Å². The number of nitrogens with zero attached hydrogens (tertiary/aromatic N) is 4. The summed E-state index contributed by atoms with van der Waals surface area (Å²) in [6.45, 7) is 3.78. The van der Waals surface area contributed by atoms with E-state index in [-0.39, 0.29) is 16.8 Å². The van der Waals surface area contributed by atoms with E-state index in [2.05, 4.69) is 5.10 Å². The van der Waals surface area contributed by atoms with E-state index >= 15 is 0 Å². The minimum absolute atomic E-state index is 0.0360. The second-order valence-electron chi connectivity index (χ2n) is 8.16. The number of imide groups is 1. The normalized spacial score (nSPS) is 13.7. The first-order valence-electron chi connectivity index (χ1n) is 11.1. The highest BCUT2D eigenvalue weighted by Crippen LogP contribution is 2.38. The first kappa shape index (κ1) is 22.6. The standard InChI is InChI=1S/C27H21ClN4O3/c1-3-21-22(26(34)32(29-21)20-13-9-18(28)10-14-20)23-24(30-15-5-4-6-16-30)27(35)31(25(23)33)19-11-7-17(2)8-12-19/h4-16H,3H2,1-2H3. The van der Waals surface area contributed by atoms with Crippen molar-refractivity contribution in [2.24, 2.45) is 0 Å². The van der Waals surface area contributed by atoms with E-state index in [1.54, 1.807) is 65.5 Å². The van der Waals surface area contributed by atoms with Gasteiger partial charge >= 0.3 is 5.91 Å². The van der Waals surface area contributed by atoms with E-state index < -0.39 is 17.7 Å². The molecule has 174 valence electrons. The number of anilines is 1. The number of carbonyl (C=O) groups excluding carboxylic acids is 2. The quantitative estimate of drug-likeness (QED) is 0.319. The minimum atomic E-state index is -0.562. The first-order chi connectivity index (χ1) is 16.9. The van der Waals surface area contributed by atoms with Gasteiger partial charge in [0.05, 0.1) is 17.1 Å². The Morgan fingerprint density at radius 1 is 0.914 bits per heavy atom. The molecule has 0 saturated carbocycles. The average Bonchev–Trinajstić information content (AvgIpc) is 3.33. The predicted octanol–water partition coefficient (Wildman–Crippen LogP) is 3.70. The number of aromatic nitrogens is 3. The molecule has 1 aliphatic rings. The second-order valence-corrected chi connectivity index (χ2v) is 8.59. The highest BCUT2D eigenvalue weighted by molar-refractivity contribution is 6.53. The number of halogens is 1. The van der Waals surface area contributed by atoms with Gasteiger partial charge in [-0.05, 0) is 55.6 Å². The summed E-state index contributed by atoms with van der Waals surface area (Å²) < 4.78 is 2.82. The Bertz CT molecular complexity index is 1470. The SMILES string of the molecule is CCc1nn(-c2ccc(Cl)cc2)c([O-])c1C1=C([n+]2ccccc2)C(=O)N(c2ccc(C)cc2)C1=O. The largest absolute Gasteiger partial charge is 0.858 e. The van der Waals surface area contributed by atoms with Crippen molar-refractivity contribution in [3.8, 4) is 11.6 Å². The summed E-state index contributed by atoms with van der Waals surface area (Å²) in [5, 5.41) is 18.7. The summed E-state index contributed by atoms with van der Waals surface area (Å²) in [7, 11) is 0. The number of carbonyl (C=O) groups is 2. The maximum Gasteiger partial charge on any atom is 0.331 e. The van der Waals surface area contributed by atoms with E-state index in [9.17, 15) is 14.7 Å². The summed E-state index contributed by atoms with van der Waals surface area (Å²) in [6, 6.07) is 19.1. The molecule has 0 fully saturated rings. The summed E-state index contributed by atoms with van der Waals surface area (Å²) in [4.78, 5) is 28.6. The van der Waals surface area contributed by atoms with Gasteiger partial charge in [-0.3, -0.25) is 9.59 Å². The molecule has 2 aromatic heterocycles. The average molecular weight is 485 g/mol. The monoisotopic (exact) mass is 484 g/mol. The molecule has 4 aromatic rings. The van der Waals surface area contributed by atoms with Crippen molar-refractivity contribution in [1.29, 1.82) is 0 Å². The van der Waals surface area contributed by atoms with Crippen molar-refractivity contribution in [2.75, 3.05) is 4.90 Å². The molecular formula is C27H21ClN4O3. The van der Waals surface area contributed by atoms with Gasteiger partial charge in [-0.15, -0.1) is 0 Å². The number of rotatable bonds is 5. The smallest absolute Gasteiger partial charge is 0.331 e. The molecule has 1 aliphatic heterocycles. The Morgan fingerprint density at radius 3 is 2.17 bits per heavy atom. The Labute approximate surface area is 207 Å². The van der Waals surface area contributed by atoms with Gasteiger partial charge in [0, 0.05) is 22.7 Å². The van der Waals surface area contributed by atoms with E-state index in [4.69, 9.17) is 11.6 Å². The third-order valence-electron chi connectivity index (χ3n) is 5.90. The summed E-state index contributed by atoms with van der Waals surface area (Å²) >= 11 is 6.01. The molecule has 5 rings (SSSR count). The fourth-order valence-corrected chi connectivity index (χ4v) is 4.29. The van der Waals surface area contributed by atoms with Crippen LogP contribution in [0.15, 0.2) is 79.1 Å². The van der Waals surface area contributed by atoms with Crippen LogP contribution in [0.2, 0.25) is 5.02 Å². The molecule has 2 aromatic carbocycles. The lowest BCUT2D eigenvalue weighted by Gasteiger charge is -2.16. The Kier molecular flexibility index (Phi) is 5.70. The van der Waals surface area contributed by atoms with Gasteiger partial charge in [0.25, 0.3) is 11.6 Å². The maximum absolute atomic E-state index is 13.8. The first-order valence-corrected chi connectivity index (χ1v) is 11.5. The van der Waals surface area contributed by atoms with Crippen molar-refractivity contribution in [3.05, 3.63) is 101 Å². The summed E-state index contributed by atoms with van der Waals surface area (Å²) in [5.41, 5.74) is 2.65. The van der Waals surface area contributed by atoms with Gasteiger partial charge in [-0.2, -0.15) is 9.67 Å². The van der Waals surface area contributed by atoms with Gasteiger partial charge in [-0.1, -0.05) is 42.3 Å². The molecule has 7 nitrogen and oxygen atoms in total. The molecule has 0 unspecified atom stereocenters. The van der Waals surface area contributed by atoms with Crippen LogP contribution in [0.25, 0.3) is 17.0 Å². The van der Waals surface area contributed by atoms with E-state index in [0.717, 1.165) is 10.5 Å². The zero-order valence-corrected chi connectivity index (χ0v) is 19.9.